The van der Waals surface area contributed by atoms with Crippen LogP contribution in [-0.4, -0.2) is 58.3 Å². The summed E-state index contributed by atoms with van der Waals surface area (Å²) in [6.07, 6.45) is 0. The fraction of sp³-hybridized carbons (Fsp3) is 0.381. The highest BCUT2D eigenvalue weighted by molar-refractivity contribution is 5.95. The van der Waals surface area contributed by atoms with Gasteiger partial charge in [0.2, 0.25) is 5.75 Å². The van der Waals surface area contributed by atoms with Crippen molar-refractivity contribution in [2.75, 3.05) is 47.5 Å². The van der Waals surface area contributed by atoms with Gasteiger partial charge in [-0.15, -0.1) is 0 Å². The van der Waals surface area contributed by atoms with Gasteiger partial charge in [-0.3, -0.25) is 4.79 Å². The van der Waals surface area contributed by atoms with Gasteiger partial charge < -0.3 is 24.0 Å². The number of ether oxygens (including phenoxy) is 3. The van der Waals surface area contributed by atoms with Crippen LogP contribution in [-0.2, 0) is 6.54 Å². The van der Waals surface area contributed by atoms with Crippen molar-refractivity contribution in [2.45, 2.75) is 6.54 Å². The second kappa shape index (κ2) is 8.93. The maximum absolute atomic E-state index is 13.0. The largest absolute Gasteiger partial charge is 0.493 e. The van der Waals surface area contributed by atoms with Gasteiger partial charge in [0.15, 0.2) is 11.5 Å². The molecule has 28 heavy (non-hydrogen) atoms. The van der Waals surface area contributed by atoms with E-state index in [0.29, 0.717) is 35.9 Å². The summed E-state index contributed by atoms with van der Waals surface area (Å²) in [5.74, 6) is 1.12. The van der Waals surface area contributed by atoms with Gasteiger partial charge in [-0.1, -0.05) is 12.1 Å². The molecule has 3 rings (SSSR count). The summed E-state index contributed by atoms with van der Waals surface area (Å²) in [5.41, 5.74) is 1.61. The predicted octanol–water partition coefficient (Wildman–Crippen LogP) is 1.39. The minimum atomic E-state index is -0.223. The Balaban J connectivity index is 1.65. The molecular weight excluding hydrogens is 363 g/mol. The highest BCUT2D eigenvalue weighted by atomic mass is 19.1. The lowest BCUT2D eigenvalue weighted by Crippen LogP contribution is -3.13. The van der Waals surface area contributed by atoms with E-state index in [1.807, 2.05) is 17.0 Å². The maximum Gasteiger partial charge on any atom is 0.254 e. The molecule has 0 atom stereocenters. The third kappa shape index (κ3) is 4.36. The monoisotopic (exact) mass is 389 g/mol. The minimum absolute atomic E-state index is 0.0555. The van der Waals surface area contributed by atoms with Crippen molar-refractivity contribution in [1.29, 1.82) is 0 Å². The van der Waals surface area contributed by atoms with Crippen molar-refractivity contribution in [3.8, 4) is 17.2 Å². The van der Waals surface area contributed by atoms with Crippen LogP contribution in [0.15, 0.2) is 36.4 Å². The van der Waals surface area contributed by atoms with Crippen molar-refractivity contribution >= 4 is 5.91 Å². The lowest BCUT2D eigenvalue weighted by Gasteiger charge is -2.32. The number of piperazine rings is 1. The van der Waals surface area contributed by atoms with Gasteiger partial charge in [0, 0.05) is 11.1 Å². The Kier molecular flexibility index (Phi) is 6.36. The molecule has 0 saturated carbocycles. The number of hydrogen-bond acceptors (Lipinski definition) is 4. The summed E-state index contributed by atoms with van der Waals surface area (Å²) in [5, 5.41) is 0. The number of quaternary nitrogens is 1. The molecule has 0 unspecified atom stereocenters. The van der Waals surface area contributed by atoms with E-state index in [-0.39, 0.29) is 11.7 Å². The van der Waals surface area contributed by atoms with E-state index in [9.17, 15) is 9.18 Å². The Labute approximate surface area is 164 Å². The first kappa shape index (κ1) is 19.9. The molecule has 6 nitrogen and oxygen atoms in total. The summed E-state index contributed by atoms with van der Waals surface area (Å²) < 4.78 is 29.0. The van der Waals surface area contributed by atoms with Gasteiger partial charge >= 0.3 is 0 Å². The average Bonchev–Trinajstić information content (AvgIpc) is 2.74. The van der Waals surface area contributed by atoms with E-state index in [1.54, 1.807) is 12.1 Å². The Hall–Kier alpha value is -2.80. The molecule has 1 aliphatic rings. The zero-order chi connectivity index (χ0) is 20.1. The number of nitrogens with one attached hydrogen (secondary N) is 1. The third-order valence-corrected chi connectivity index (χ3v) is 5.04. The smallest absolute Gasteiger partial charge is 0.254 e. The molecule has 1 heterocycles. The Morgan fingerprint density at radius 2 is 1.57 bits per heavy atom. The topological polar surface area (TPSA) is 52.4 Å². The molecule has 0 aromatic heterocycles. The summed E-state index contributed by atoms with van der Waals surface area (Å²) in [4.78, 5) is 16.2. The lowest BCUT2D eigenvalue weighted by atomic mass is 10.1. The molecule has 0 bridgehead atoms. The van der Waals surface area contributed by atoms with Crippen LogP contribution in [0.4, 0.5) is 4.39 Å². The average molecular weight is 389 g/mol. The molecule has 0 aliphatic carbocycles. The highest BCUT2D eigenvalue weighted by Gasteiger charge is 2.26. The van der Waals surface area contributed by atoms with Crippen molar-refractivity contribution in [3.63, 3.8) is 0 Å². The van der Waals surface area contributed by atoms with E-state index in [0.717, 1.165) is 25.2 Å². The lowest BCUT2D eigenvalue weighted by molar-refractivity contribution is -0.917. The molecule has 1 fully saturated rings. The van der Waals surface area contributed by atoms with Crippen LogP contribution < -0.4 is 19.1 Å². The Morgan fingerprint density at radius 3 is 2.07 bits per heavy atom. The van der Waals surface area contributed by atoms with Crippen LogP contribution in [0.3, 0.4) is 0 Å². The number of nitrogens with zero attached hydrogens (tertiary/aromatic N) is 1. The SMILES string of the molecule is COc1cc(C(=O)N2CC[NH+](Cc3ccc(F)cc3)CC2)cc(OC)c1OC. The van der Waals surface area contributed by atoms with E-state index in [4.69, 9.17) is 14.2 Å². The number of methoxy groups -OCH3 is 3. The standard InChI is InChI=1S/C21H25FN2O4/c1-26-18-12-16(13-19(27-2)20(18)28-3)21(25)24-10-8-23(9-11-24)14-15-4-6-17(22)7-5-15/h4-7,12-13H,8-11,14H2,1-3H3/p+1. The molecule has 1 aliphatic heterocycles. The number of halogens is 1. The Morgan fingerprint density at radius 1 is 1.00 bits per heavy atom. The quantitative estimate of drug-likeness (QED) is 0.811. The van der Waals surface area contributed by atoms with Crippen LogP contribution >= 0.6 is 0 Å². The summed E-state index contributed by atoms with van der Waals surface area (Å²) in [6, 6.07) is 9.96. The zero-order valence-electron chi connectivity index (χ0n) is 16.5. The molecule has 7 heteroatoms. The summed E-state index contributed by atoms with van der Waals surface area (Å²) in [6.45, 7) is 3.83. The molecule has 1 N–H and O–H groups in total. The van der Waals surface area contributed by atoms with Crippen molar-refractivity contribution in [1.82, 2.24) is 4.90 Å². The summed E-state index contributed by atoms with van der Waals surface area (Å²) in [7, 11) is 4.59. The van der Waals surface area contributed by atoms with Gasteiger partial charge in [0.25, 0.3) is 5.91 Å². The van der Waals surface area contributed by atoms with Crippen LogP contribution in [0.25, 0.3) is 0 Å². The molecule has 150 valence electrons. The molecule has 0 spiro atoms. The number of carbonyl (C=O) groups excluding carboxylic acids is 1. The predicted molar refractivity (Wildman–Crippen MR) is 103 cm³/mol. The van der Waals surface area contributed by atoms with Crippen LogP contribution in [0.2, 0.25) is 0 Å². The van der Waals surface area contributed by atoms with Crippen molar-refractivity contribution < 1.29 is 28.3 Å². The molecule has 1 amide bonds. The maximum atomic E-state index is 13.0. The third-order valence-electron chi connectivity index (χ3n) is 5.04. The number of carbonyl (C=O) groups is 1. The fourth-order valence-electron chi connectivity index (χ4n) is 3.48. The molecule has 2 aromatic carbocycles. The first-order valence-electron chi connectivity index (χ1n) is 9.23. The van der Waals surface area contributed by atoms with E-state index in [1.165, 1.54) is 38.4 Å². The fourth-order valence-corrected chi connectivity index (χ4v) is 3.48. The van der Waals surface area contributed by atoms with E-state index in [2.05, 4.69) is 0 Å². The second-order valence-corrected chi connectivity index (χ2v) is 6.76. The molecule has 0 radical (unpaired) electrons. The van der Waals surface area contributed by atoms with Crippen LogP contribution in [0.1, 0.15) is 15.9 Å². The van der Waals surface area contributed by atoms with Gasteiger partial charge in [-0.2, -0.15) is 0 Å². The normalized spacial score (nSPS) is 14.6. The van der Waals surface area contributed by atoms with Crippen LogP contribution in [0, 0.1) is 5.82 Å². The van der Waals surface area contributed by atoms with Crippen LogP contribution in [0.5, 0.6) is 17.2 Å². The molecule has 2 aromatic rings. The van der Waals surface area contributed by atoms with Gasteiger partial charge in [-0.25, -0.2) is 4.39 Å². The first-order chi connectivity index (χ1) is 13.5. The molecular formula is C21H26FN2O4+. The van der Waals surface area contributed by atoms with Gasteiger partial charge in [0.05, 0.1) is 47.5 Å². The number of benzene rings is 2. The number of rotatable bonds is 6. The second-order valence-electron chi connectivity index (χ2n) is 6.76. The van der Waals surface area contributed by atoms with Gasteiger partial charge in [-0.05, 0) is 24.3 Å². The molecule has 1 saturated heterocycles. The number of amides is 1. The van der Waals surface area contributed by atoms with E-state index >= 15 is 0 Å². The van der Waals surface area contributed by atoms with E-state index < -0.39 is 0 Å². The Bertz CT molecular complexity index is 793. The summed E-state index contributed by atoms with van der Waals surface area (Å²) >= 11 is 0. The minimum Gasteiger partial charge on any atom is -0.493 e. The van der Waals surface area contributed by atoms with Gasteiger partial charge in [0.1, 0.15) is 12.4 Å². The first-order valence-corrected chi connectivity index (χ1v) is 9.23. The zero-order valence-corrected chi connectivity index (χ0v) is 16.5. The van der Waals surface area contributed by atoms with Crippen molar-refractivity contribution in [2.24, 2.45) is 0 Å². The number of hydrogen-bond donors (Lipinski definition) is 1. The highest BCUT2D eigenvalue weighted by Crippen LogP contribution is 2.38. The van der Waals surface area contributed by atoms with Crippen molar-refractivity contribution in [3.05, 3.63) is 53.3 Å².